The number of anilines is 1. The number of H-pyrrole nitrogens is 1. The highest BCUT2D eigenvalue weighted by Crippen LogP contribution is 2.48. The fourth-order valence-electron chi connectivity index (χ4n) is 3.14. The molecular weight excluding hydrogens is 457 g/mol. The van der Waals surface area contributed by atoms with Gasteiger partial charge in [0.2, 0.25) is 11.8 Å². The summed E-state index contributed by atoms with van der Waals surface area (Å²) >= 11 is 12.5. The second-order valence-corrected chi connectivity index (χ2v) is 7.81. The molecule has 1 aliphatic heterocycles. The molecule has 1 aromatic carbocycles. The SMILES string of the molecule is C=C1NC(=O)N(c2cc(Cl)c(Oc3cc(C4CC(F)(F)C4)c(=O)[nH]n3)c(Cl)c2)N=C1N. The third kappa shape index (κ3) is 4.06. The van der Waals surface area contributed by atoms with E-state index < -0.39 is 36.3 Å². The molecule has 9 nitrogen and oxygen atoms in total. The number of urea groups is 1. The predicted octanol–water partition coefficient (Wildman–Crippen LogP) is 3.70. The van der Waals surface area contributed by atoms with E-state index in [4.69, 9.17) is 33.7 Å². The van der Waals surface area contributed by atoms with E-state index in [-0.39, 0.29) is 44.5 Å². The third-order valence-corrected chi connectivity index (χ3v) is 5.30. The minimum Gasteiger partial charge on any atom is -0.434 e. The van der Waals surface area contributed by atoms with Gasteiger partial charge in [0.15, 0.2) is 11.6 Å². The summed E-state index contributed by atoms with van der Waals surface area (Å²) in [4.78, 5) is 24.1. The van der Waals surface area contributed by atoms with Crippen molar-refractivity contribution in [2.75, 3.05) is 5.01 Å². The van der Waals surface area contributed by atoms with Crippen LogP contribution in [-0.2, 0) is 0 Å². The van der Waals surface area contributed by atoms with Gasteiger partial charge in [-0.15, -0.1) is 10.2 Å². The second kappa shape index (κ2) is 7.50. The van der Waals surface area contributed by atoms with Crippen LogP contribution < -0.4 is 26.4 Å². The van der Waals surface area contributed by atoms with Crippen molar-refractivity contribution in [2.45, 2.75) is 24.7 Å². The van der Waals surface area contributed by atoms with E-state index >= 15 is 0 Å². The lowest BCUT2D eigenvalue weighted by atomic mass is 9.77. The largest absolute Gasteiger partial charge is 0.434 e. The summed E-state index contributed by atoms with van der Waals surface area (Å²) < 4.78 is 31.9. The Labute approximate surface area is 183 Å². The van der Waals surface area contributed by atoms with Crippen molar-refractivity contribution in [3.63, 3.8) is 0 Å². The molecule has 4 N–H and O–H groups in total. The molecule has 2 aliphatic rings. The zero-order chi connectivity index (χ0) is 22.5. The summed E-state index contributed by atoms with van der Waals surface area (Å²) in [6, 6.07) is 3.36. The summed E-state index contributed by atoms with van der Waals surface area (Å²) in [6.45, 7) is 3.55. The lowest BCUT2D eigenvalue weighted by Crippen LogP contribution is -2.45. The second-order valence-electron chi connectivity index (χ2n) is 7.00. The number of carbonyl (C=O) groups excluding carboxylic acids is 1. The monoisotopic (exact) mass is 470 g/mol. The molecule has 1 fully saturated rings. The van der Waals surface area contributed by atoms with E-state index in [0.717, 1.165) is 5.01 Å². The molecule has 0 atom stereocenters. The van der Waals surface area contributed by atoms with Crippen LogP contribution in [0.15, 0.2) is 40.4 Å². The molecule has 2 amide bonds. The number of hydrazone groups is 1. The number of nitrogens with zero attached hydrogens (tertiary/aromatic N) is 3. The number of carbonyl (C=O) groups is 1. The first kappa shape index (κ1) is 21.1. The van der Waals surface area contributed by atoms with Crippen LogP contribution in [0.2, 0.25) is 10.0 Å². The number of hydrogen-bond acceptors (Lipinski definition) is 6. The maximum Gasteiger partial charge on any atom is 0.347 e. The van der Waals surface area contributed by atoms with Gasteiger partial charge in [-0.25, -0.2) is 18.7 Å². The molecule has 0 spiro atoms. The molecule has 1 aromatic heterocycles. The summed E-state index contributed by atoms with van der Waals surface area (Å²) in [6.07, 6.45) is -0.854. The lowest BCUT2D eigenvalue weighted by Gasteiger charge is -2.34. The Morgan fingerprint density at radius 3 is 2.48 bits per heavy atom. The molecule has 0 saturated heterocycles. The van der Waals surface area contributed by atoms with Crippen molar-refractivity contribution in [2.24, 2.45) is 10.8 Å². The smallest absolute Gasteiger partial charge is 0.347 e. The van der Waals surface area contributed by atoms with E-state index in [2.05, 4.69) is 27.2 Å². The van der Waals surface area contributed by atoms with Gasteiger partial charge in [-0.3, -0.25) is 4.79 Å². The summed E-state index contributed by atoms with van der Waals surface area (Å²) in [5.41, 5.74) is 5.59. The molecule has 2 heterocycles. The highest BCUT2D eigenvalue weighted by atomic mass is 35.5. The maximum atomic E-state index is 13.2. The van der Waals surface area contributed by atoms with Gasteiger partial charge in [-0.2, -0.15) is 5.01 Å². The van der Waals surface area contributed by atoms with Crippen LogP contribution in [0.4, 0.5) is 19.3 Å². The van der Waals surface area contributed by atoms with Gasteiger partial charge in [0, 0.05) is 30.4 Å². The molecule has 162 valence electrons. The van der Waals surface area contributed by atoms with Gasteiger partial charge in [0.1, 0.15) is 0 Å². The summed E-state index contributed by atoms with van der Waals surface area (Å²) in [5, 5.41) is 13.3. The standard InChI is InChI=1S/C18H14Cl2F2N6O3/c1-7-15(23)27-28(17(30)24-7)9-2-11(19)14(12(20)3-9)31-13-4-10(16(29)26-25-13)8-5-18(21,22)6-8/h2-4,8H,1,5-6H2,(H2,23,27)(H,24,30)(H,26,29). The number of nitrogens with two attached hydrogens (primary N) is 1. The first-order valence-electron chi connectivity index (χ1n) is 8.83. The van der Waals surface area contributed by atoms with Gasteiger partial charge in [0.25, 0.3) is 5.56 Å². The van der Waals surface area contributed by atoms with Crippen LogP contribution in [0.25, 0.3) is 0 Å². The zero-order valence-corrected chi connectivity index (χ0v) is 17.1. The minimum absolute atomic E-state index is 0.00119. The molecule has 1 saturated carbocycles. The number of aromatic amines is 1. The summed E-state index contributed by atoms with van der Waals surface area (Å²) in [5.74, 6) is -3.50. The molecular formula is C18H14Cl2F2N6O3. The van der Waals surface area contributed by atoms with Crippen molar-refractivity contribution in [3.8, 4) is 11.6 Å². The number of amidine groups is 1. The Morgan fingerprint density at radius 2 is 1.87 bits per heavy atom. The van der Waals surface area contributed by atoms with Crippen molar-refractivity contribution < 1.29 is 18.3 Å². The van der Waals surface area contributed by atoms with Crippen LogP contribution in [0.5, 0.6) is 11.6 Å². The van der Waals surface area contributed by atoms with E-state index in [1.165, 1.54) is 18.2 Å². The first-order valence-corrected chi connectivity index (χ1v) is 9.58. The zero-order valence-electron chi connectivity index (χ0n) is 15.6. The Morgan fingerprint density at radius 1 is 1.23 bits per heavy atom. The van der Waals surface area contributed by atoms with Gasteiger partial charge >= 0.3 is 6.03 Å². The molecule has 4 rings (SSSR count). The molecule has 0 unspecified atom stereocenters. The van der Waals surface area contributed by atoms with Crippen molar-refractivity contribution >= 4 is 40.8 Å². The Kier molecular flexibility index (Phi) is 5.10. The lowest BCUT2D eigenvalue weighted by molar-refractivity contribution is -0.0870. The van der Waals surface area contributed by atoms with Crippen molar-refractivity contribution in [1.82, 2.24) is 15.5 Å². The van der Waals surface area contributed by atoms with Crippen LogP contribution in [-0.4, -0.2) is 28.0 Å². The Bertz CT molecular complexity index is 1170. The number of ether oxygens (including phenoxy) is 1. The highest BCUT2D eigenvalue weighted by Gasteiger charge is 2.47. The maximum absolute atomic E-state index is 13.2. The topological polar surface area (TPSA) is 126 Å². The number of amides is 2. The summed E-state index contributed by atoms with van der Waals surface area (Å²) in [7, 11) is 0. The van der Waals surface area contributed by atoms with Crippen LogP contribution in [0, 0.1) is 0 Å². The average molecular weight is 471 g/mol. The fraction of sp³-hybridized carbons (Fsp3) is 0.222. The van der Waals surface area contributed by atoms with E-state index in [9.17, 15) is 18.4 Å². The van der Waals surface area contributed by atoms with Gasteiger partial charge < -0.3 is 15.8 Å². The number of alkyl halides is 2. The average Bonchev–Trinajstić information content (AvgIpc) is 2.66. The van der Waals surface area contributed by atoms with Crippen LogP contribution in [0.1, 0.15) is 24.3 Å². The number of halogens is 4. The Hall–Kier alpha value is -3.18. The molecule has 2 aromatic rings. The minimum atomic E-state index is -2.79. The molecule has 0 bridgehead atoms. The molecule has 31 heavy (non-hydrogen) atoms. The van der Waals surface area contributed by atoms with Gasteiger partial charge in [-0.05, 0) is 12.1 Å². The molecule has 1 aliphatic carbocycles. The molecule has 0 radical (unpaired) electrons. The number of rotatable bonds is 4. The first-order chi connectivity index (χ1) is 14.5. The van der Waals surface area contributed by atoms with Gasteiger partial charge in [0.05, 0.1) is 21.4 Å². The van der Waals surface area contributed by atoms with Crippen LogP contribution >= 0.6 is 23.2 Å². The third-order valence-electron chi connectivity index (χ3n) is 4.74. The number of benzene rings is 1. The predicted molar refractivity (Wildman–Crippen MR) is 110 cm³/mol. The van der Waals surface area contributed by atoms with Crippen molar-refractivity contribution in [1.29, 1.82) is 0 Å². The number of aromatic nitrogens is 2. The van der Waals surface area contributed by atoms with E-state index in [0.29, 0.717) is 0 Å². The highest BCUT2D eigenvalue weighted by molar-refractivity contribution is 6.37. The number of hydrogen-bond donors (Lipinski definition) is 3. The van der Waals surface area contributed by atoms with E-state index in [1.807, 2.05) is 0 Å². The normalized spacial score (nSPS) is 18.3. The van der Waals surface area contributed by atoms with Crippen molar-refractivity contribution in [3.05, 3.63) is 56.4 Å². The van der Waals surface area contributed by atoms with Crippen LogP contribution in [0.3, 0.4) is 0 Å². The molecule has 13 heteroatoms. The fourth-order valence-corrected chi connectivity index (χ4v) is 3.70. The Balaban J connectivity index is 1.61. The van der Waals surface area contributed by atoms with E-state index in [1.54, 1.807) is 0 Å². The van der Waals surface area contributed by atoms with Gasteiger partial charge in [-0.1, -0.05) is 29.8 Å². The number of nitrogens with one attached hydrogen (secondary N) is 2. The quantitative estimate of drug-likeness (QED) is 0.627.